The van der Waals surface area contributed by atoms with Crippen LogP contribution in [0.3, 0.4) is 0 Å². The van der Waals surface area contributed by atoms with Gasteiger partial charge in [0.25, 0.3) is 0 Å². The minimum absolute atomic E-state index is 0.133. The molecule has 0 fully saturated rings. The monoisotopic (exact) mass is 485 g/mol. The van der Waals surface area contributed by atoms with E-state index in [9.17, 15) is 14.8 Å². The van der Waals surface area contributed by atoms with Crippen LogP contribution in [0, 0.1) is 0 Å². The van der Waals surface area contributed by atoms with Gasteiger partial charge in [-0.1, -0.05) is 45.2 Å². The maximum atomic E-state index is 11.0. The van der Waals surface area contributed by atoms with Gasteiger partial charge in [0.15, 0.2) is 0 Å². The summed E-state index contributed by atoms with van der Waals surface area (Å²) in [6.07, 6.45) is 0.750. The number of rotatable bonds is 10. The number of hydrogen-bond acceptors (Lipinski definition) is 6. The number of carbonyl (C=O) groups excluding carboxylic acids is 2. The fourth-order valence-electron chi connectivity index (χ4n) is 0.940. The van der Waals surface area contributed by atoms with Gasteiger partial charge < -0.3 is 14.7 Å². The summed E-state index contributed by atoms with van der Waals surface area (Å²) in [6, 6.07) is 0. The molecule has 0 saturated carbocycles. The maximum Gasteiger partial charge on any atom is 0.306 e. The van der Waals surface area contributed by atoms with Crippen molar-refractivity contribution in [3.8, 4) is 0 Å². The van der Waals surface area contributed by atoms with E-state index in [1.54, 1.807) is 0 Å². The minimum atomic E-state index is -0.272. The fourth-order valence-corrected chi connectivity index (χ4v) is 1.82. The van der Waals surface area contributed by atoms with E-state index in [-0.39, 0.29) is 38.2 Å². The van der Waals surface area contributed by atoms with Crippen LogP contribution >= 0.6 is 45.2 Å². The zero-order valence-electron chi connectivity index (χ0n) is 9.94. The average Bonchev–Trinajstić information content (AvgIpc) is 2.29. The van der Waals surface area contributed by atoms with Crippen LogP contribution in [0.15, 0.2) is 0 Å². The Hall–Kier alpha value is 0.320. The summed E-state index contributed by atoms with van der Waals surface area (Å²) in [5.74, 6) is -0.544. The number of halogens is 2. The van der Waals surface area contributed by atoms with Crippen LogP contribution in [0.2, 0.25) is 0 Å². The summed E-state index contributed by atoms with van der Waals surface area (Å²) in [5.41, 5.74) is 0. The number of carbonyl (C=O) groups is 2. The topological polar surface area (TPSA) is 76.1 Å². The summed E-state index contributed by atoms with van der Waals surface area (Å²) < 4.78 is 11.2. The molecule has 0 amide bonds. The Labute approximate surface area is 134 Å². The Bertz CT molecular complexity index is 228. The highest BCUT2D eigenvalue weighted by Crippen LogP contribution is 1.94. The molecule has 8 heteroatoms. The van der Waals surface area contributed by atoms with Gasteiger partial charge in [-0.05, 0) is 0 Å². The summed E-state index contributed by atoms with van der Waals surface area (Å²) >= 11 is 4.18. The Morgan fingerprint density at radius 1 is 0.944 bits per heavy atom. The molecule has 0 radical (unpaired) electrons. The molecule has 0 unspecified atom stereocenters. The molecule has 0 rings (SSSR count). The van der Waals surface area contributed by atoms with E-state index in [4.69, 9.17) is 9.47 Å². The average molecular weight is 485 g/mol. The maximum absolute atomic E-state index is 11.0. The van der Waals surface area contributed by atoms with Gasteiger partial charge in [-0.15, -0.1) is 0 Å². The van der Waals surface area contributed by atoms with Gasteiger partial charge in [-0.3, -0.25) is 9.59 Å². The molecule has 0 aromatic rings. The van der Waals surface area contributed by atoms with Crippen LogP contribution in [-0.2, 0) is 19.1 Å². The molecule has 6 nitrogen and oxygen atoms in total. The smallest absolute Gasteiger partial charge is 0.306 e. The second kappa shape index (κ2) is 12.4. The summed E-state index contributed by atoms with van der Waals surface area (Å²) in [5, 5.41) is 10.3. The second-order valence-electron chi connectivity index (χ2n) is 3.27. The van der Waals surface area contributed by atoms with E-state index in [0.717, 1.165) is 5.06 Å². The molecule has 1 N–H and O–H groups in total. The lowest BCUT2D eigenvalue weighted by Crippen LogP contribution is -2.29. The zero-order chi connectivity index (χ0) is 13.8. The number of ether oxygens (including phenoxy) is 2. The largest absolute Gasteiger partial charge is 0.464 e. The minimum Gasteiger partial charge on any atom is -0.464 e. The standard InChI is InChI=1S/C10H17I2NO5/c11-3-1-9(14)17-7-5-13(16)6-8-18-10(15)2-4-12/h16H,1-8H2. The van der Waals surface area contributed by atoms with Gasteiger partial charge in [-0.25, -0.2) is 0 Å². The highest BCUT2D eigenvalue weighted by molar-refractivity contribution is 14.1. The van der Waals surface area contributed by atoms with E-state index in [2.05, 4.69) is 45.2 Å². The molecule has 18 heavy (non-hydrogen) atoms. The third kappa shape index (κ3) is 11.4. The quantitative estimate of drug-likeness (QED) is 0.219. The Balaban J connectivity index is 3.45. The predicted octanol–water partition coefficient (Wildman–Crippen LogP) is 1.41. The van der Waals surface area contributed by atoms with Crippen LogP contribution in [0.25, 0.3) is 0 Å². The lowest BCUT2D eigenvalue weighted by atomic mass is 10.5. The molecular formula is C10H17I2NO5. The SMILES string of the molecule is O=C(CCI)OCCN(O)CCOC(=O)CCI. The molecule has 0 aliphatic carbocycles. The molecule has 0 aromatic heterocycles. The highest BCUT2D eigenvalue weighted by atomic mass is 127. The number of alkyl halides is 2. The summed E-state index contributed by atoms with van der Waals surface area (Å²) in [6.45, 7) is 0.676. The molecule has 106 valence electrons. The van der Waals surface area contributed by atoms with Gasteiger partial charge in [0, 0.05) is 8.86 Å². The molecule has 0 atom stereocenters. The van der Waals surface area contributed by atoms with Gasteiger partial charge in [0.1, 0.15) is 13.2 Å². The second-order valence-corrected chi connectivity index (χ2v) is 5.43. The van der Waals surface area contributed by atoms with Crippen LogP contribution < -0.4 is 0 Å². The van der Waals surface area contributed by atoms with E-state index in [0.29, 0.717) is 21.7 Å². The highest BCUT2D eigenvalue weighted by Gasteiger charge is 2.06. The van der Waals surface area contributed by atoms with Crippen molar-refractivity contribution in [2.45, 2.75) is 12.8 Å². The number of hydrogen-bond donors (Lipinski definition) is 1. The first-order valence-electron chi connectivity index (χ1n) is 5.47. The van der Waals surface area contributed by atoms with Crippen molar-refractivity contribution in [1.29, 1.82) is 0 Å². The van der Waals surface area contributed by atoms with E-state index >= 15 is 0 Å². The summed E-state index contributed by atoms with van der Waals surface area (Å²) in [4.78, 5) is 22.0. The molecule has 0 aliphatic rings. The van der Waals surface area contributed by atoms with Crippen LogP contribution in [0.1, 0.15) is 12.8 Å². The first-order chi connectivity index (χ1) is 8.60. The zero-order valence-corrected chi connectivity index (χ0v) is 14.3. The molecule has 0 aliphatic heterocycles. The van der Waals surface area contributed by atoms with Crippen molar-refractivity contribution >= 4 is 57.1 Å². The van der Waals surface area contributed by atoms with Gasteiger partial charge in [0.05, 0.1) is 25.9 Å². The predicted molar refractivity (Wildman–Crippen MR) is 82.3 cm³/mol. The summed E-state index contributed by atoms with van der Waals surface area (Å²) in [7, 11) is 0. The molecule has 0 aromatic carbocycles. The third-order valence-electron chi connectivity index (χ3n) is 1.82. The van der Waals surface area contributed by atoms with E-state index < -0.39 is 0 Å². The van der Waals surface area contributed by atoms with Crippen molar-refractivity contribution in [1.82, 2.24) is 5.06 Å². The van der Waals surface area contributed by atoms with Crippen molar-refractivity contribution in [2.75, 3.05) is 35.2 Å². The van der Waals surface area contributed by atoms with Crippen molar-refractivity contribution < 1.29 is 24.3 Å². The lowest BCUT2D eigenvalue weighted by molar-refractivity contribution is -0.153. The first kappa shape index (κ1) is 18.3. The van der Waals surface area contributed by atoms with Crippen molar-refractivity contribution in [2.24, 2.45) is 0 Å². The number of esters is 2. The Morgan fingerprint density at radius 2 is 1.33 bits per heavy atom. The number of hydroxylamine groups is 2. The van der Waals surface area contributed by atoms with Crippen LogP contribution in [0.5, 0.6) is 0 Å². The fraction of sp³-hybridized carbons (Fsp3) is 0.800. The van der Waals surface area contributed by atoms with E-state index in [1.165, 1.54) is 0 Å². The van der Waals surface area contributed by atoms with Gasteiger partial charge >= 0.3 is 11.9 Å². The molecule has 0 spiro atoms. The molecule has 0 heterocycles. The lowest BCUT2D eigenvalue weighted by Gasteiger charge is -2.14. The third-order valence-corrected chi connectivity index (χ3v) is 2.90. The first-order valence-corrected chi connectivity index (χ1v) is 8.52. The normalized spacial score (nSPS) is 10.4. The Morgan fingerprint density at radius 3 is 1.67 bits per heavy atom. The molecule has 0 bridgehead atoms. The van der Waals surface area contributed by atoms with Crippen LogP contribution in [-0.4, -0.2) is 57.4 Å². The molecule has 0 saturated heterocycles. The van der Waals surface area contributed by atoms with Gasteiger partial charge in [0.2, 0.25) is 0 Å². The van der Waals surface area contributed by atoms with Crippen molar-refractivity contribution in [3.05, 3.63) is 0 Å². The number of nitrogens with zero attached hydrogens (tertiary/aromatic N) is 1. The van der Waals surface area contributed by atoms with Crippen molar-refractivity contribution in [3.63, 3.8) is 0 Å². The van der Waals surface area contributed by atoms with Crippen LogP contribution in [0.4, 0.5) is 0 Å². The molecular weight excluding hydrogens is 468 g/mol. The van der Waals surface area contributed by atoms with Gasteiger partial charge in [-0.2, -0.15) is 5.06 Å². The Kier molecular flexibility index (Phi) is 12.6. The van der Waals surface area contributed by atoms with E-state index in [1.807, 2.05) is 0 Å².